The van der Waals surface area contributed by atoms with Crippen molar-refractivity contribution >= 4 is 5.91 Å². The molecule has 1 saturated carbocycles. The third-order valence-electron chi connectivity index (χ3n) is 3.72. The smallest absolute Gasteiger partial charge is 0.240 e. The Morgan fingerprint density at radius 3 is 2.53 bits per heavy atom. The number of carbonyl (C=O) groups is 1. The highest BCUT2D eigenvalue weighted by Crippen LogP contribution is 2.37. The van der Waals surface area contributed by atoms with Crippen LogP contribution in [0.5, 0.6) is 0 Å². The molecule has 1 aromatic rings. The van der Waals surface area contributed by atoms with Gasteiger partial charge in [0.15, 0.2) is 0 Å². The van der Waals surface area contributed by atoms with Gasteiger partial charge in [-0.15, -0.1) is 0 Å². The molecule has 0 spiro atoms. The standard InChI is InChI=1S/C15H17FN2O/c16-13-5-3-12(4-6-13)7-10-18-14(19)15(11-17)8-1-2-9-15/h3-6H,1-2,7-10H2,(H,18,19). The number of nitrogens with one attached hydrogen (secondary N) is 1. The van der Waals surface area contributed by atoms with E-state index in [0.717, 1.165) is 18.4 Å². The maximum atomic E-state index is 12.7. The largest absolute Gasteiger partial charge is 0.354 e. The summed E-state index contributed by atoms with van der Waals surface area (Å²) in [5, 5.41) is 12.0. The molecule has 1 N–H and O–H groups in total. The van der Waals surface area contributed by atoms with Crippen LogP contribution in [0, 0.1) is 22.6 Å². The molecule has 2 rings (SSSR count). The van der Waals surface area contributed by atoms with Crippen molar-refractivity contribution in [2.75, 3.05) is 6.54 Å². The fourth-order valence-electron chi connectivity index (χ4n) is 2.51. The van der Waals surface area contributed by atoms with E-state index in [2.05, 4.69) is 11.4 Å². The van der Waals surface area contributed by atoms with Crippen LogP contribution in [0.3, 0.4) is 0 Å². The number of rotatable bonds is 4. The number of nitrogens with zero attached hydrogens (tertiary/aromatic N) is 1. The topological polar surface area (TPSA) is 52.9 Å². The van der Waals surface area contributed by atoms with Gasteiger partial charge in [0.05, 0.1) is 6.07 Å². The van der Waals surface area contributed by atoms with Gasteiger partial charge in [-0.1, -0.05) is 25.0 Å². The molecule has 3 nitrogen and oxygen atoms in total. The first-order valence-corrected chi connectivity index (χ1v) is 6.60. The van der Waals surface area contributed by atoms with Gasteiger partial charge in [-0.3, -0.25) is 4.79 Å². The molecule has 1 aliphatic rings. The second-order valence-electron chi connectivity index (χ2n) is 5.03. The minimum Gasteiger partial charge on any atom is -0.354 e. The van der Waals surface area contributed by atoms with Crippen LogP contribution in [0.2, 0.25) is 0 Å². The van der Waals surface area contributed by atoms with Crippen molar-refractivity contribution in [1.82, 2.24) is 5.32 Å². The molecule has 100 valence electrons. The van der Waals surface area contributed by atoms with E-state index in [1.54, 1.807) is 12.1 Å². The summed E-state index contributed by atoms with van der Waals surface area (Å²) < 4.78 is 12.7. The molecule has 1 fully saturated rings. The van der Waals surface area contributed by atoms with Crippen molar-refractivity contribution < 1.29 is 9.18 Å². The maximum Gasteiger partial charge on any atom is 0.240 e. The Balaban J connectivity index is 1.84. The third-order valence-corrected chi connectivity index (χ3v) is 3.72. The maximum absolute atomic E-state index is 12.7. The van der Waals surface area contributed by atoms with Crippen molar-refractivity contribution in [3.05, 3.63) is 35.6 Å². The highest BCUT2D eigenvalue weighted by atomic mass is 19.1. The van der Waals surface area contributed by atoms with Gasteiger partial charge in [0, 0.05) is 6.54 Å². The fourth-order valence-corrected chi connectivity index (χ4v) is 2.51. The van der Waals surface area contributed by atoms with Gasteiger partial charge in [-0.25, -0.2) is 4.39 Å². The van der Waals surface area contributed by atoms with Crippen molar-refractivity contribution in [1.29, 1.82) is 5.26 Å². The SMILES string of the molecule is N#CC1(C(=O)NCCc2ccc(F)cc2)CCCC1. The van der Waals surface area contributed by atoms with E-state index in [9.17, 15) is 14.4 Å². The normalized spacial score (nSPS) is 16.8. The summed E-state index contributed by atoms with van der Waals surface area (Å²) in [5.74, 6) is -0.420. The number of amides is 1. The minimum absolute atomic E-state index is 0.158. The average molecular weight is 260 g/mol. The molecule has 1 aliphatic carbocycles. The van der Waals surface area contributed by atoms with E-state index in [1.165, 1.54) is 12.1 Å². The molecule has 1 amide bonds. The monoisotopic (exact) mass is 260 g/mol. The molecule has 0 aromatic heterocycles. The lowest BCUT2D eigenvalue weighted by atomic mass is 9.87. The molecule has 0 unspecified atom stereocenters. The fraction of sp³-hybridized carbons (Fsp3) is 0.467. The number of halogens is 1. The second kappa shape index (κ2) is 5.83. The molecular weight excluding hydrogens is 243 g/mol. The van der Waals surface area contributed by atoms with Gasteiger partial charge >= 0.3 is 0 Å². The highest BCUT2D eigenvalue weighted by molar-refractivity contribution is 5.85. The van der Waals surface area contributed by atoms with Crippen molar-refractivity contribution in [2.45, 2.75) is 32.1 Å². The predicted molar refractivity (Wildman–Crippen MR) is 69.6 cm³/mol. The minimum atomic E-state index is -0.817. The Morgan fingerprint density at radius 2 is 1.95 bits per heavy atom. The molecule has 4 heteroatoms. The summed E-state index contributed by atoms with van der Waals surface area (Å²) in [4.78, 5) is 12.0. The lowest BCUT2D eigenvalue weighted by molar-refractivity contribution is -0.127. The Kier molecular flexibility index (Phi) is 4.16. The summed E-state index contributed by atoms with van der Waals surface area (Å²) >= 11 is 0. The van der Waals surface area contributed by atoms with E-state index in [4.69, 9.17) is 0 Å². The predicted octanol–water partition coefficient (Wildman–Crippen LogP) is 2.57. The molecule has 1 aromatic carbocycles. The van der Waals surface area contributed by atoms with Crippen molar-refractivity contribution in [3.8, 4) is 6.07 Å². The van der Waals surface area contributed by atoms with Crippen LogP contribution in [0.15, 0.2) is 24.3 Å². The summed E-state index contributed by atoms with van der Waals surface area (Å²) in [5.41, 5.74) is 0.155. The number of hydrogen-bond acceptors (Lipinski definition) is 2. The Labute approximate surface area is 112 Å². The molecule has 0 radical (unpaired) electrons. The molecule has 0 heterocycles. The first-order chi connectivity index (χ1) is 9.16. The second-order valence-corrected chi connectivity index (χ2v) is 5.03. The van der Waals surface area contributed by atoms with Gasteiger partial charge in [0.2, 0.25) is 5.91 Å². The average Bonchev–Trinajstić information content (AvgIpc) is 2.91. The van der Waals surface area contributed by atoms with E-state index >= 15 is 0 Å². The number of benzene rings is 1. The van der Waals surface area contributed by atoms with Crippen LogP contribution < -0.4 is 5.32 Å². The zero-order valence-electron chi connectivity index (χ0n) is 10.8. The van der Waals surface area contributed by atoms with Crippen LogP contribution in [0.25, 0.3) is 0 Å². The van der Waals surface area contributed by atoms with Crippen LogP contribution in [0.4, 0.5) is 4.39 Å². The molecule has 0 bridgehead atoms. The number of nitriles is 1. The summed E-state index contributed by atoms with van der Waals surface area (Å²) in [7, 11) is 0. The first kappa shape index (κ1) is 13.5. The summed E-state index contributed by atoms with van der Waals surface area (Å²) in [6, 6.07) is 8.40. The lowest BCUT2D eigenvalue weighted by Gasteiger charge is -2.19. The van der Waals surface area contributed by atoms with Gasteiger partial charge in [-0.2, -0.15) is 5.26 Å². The Morgan fingerprint density at radius 1 is 1.32 bits per heavy atom. The van der Waals surface area contributed by atoms with E-state index < -0.39 is 5.41 Å². The molecular formula is C15H17FN2O. The number of carbonyl (C=O) groups excluding carboxylic acids is 1. The van der Waals surface area contributed by atoms with Crippen LogP contribution in [-0.2, 0) is 11.2 Å². The quantitative estimate of drug-likeness (QED) is 0.904. The zero-order chi connectivity index (χ0) is 13.7. The Bertz CT molecular complexity index is 484. The number of hydrogen-bond donors (Lipinski definition) is 1. The third kappa shape index (κ3) is 3.11. The van der Waals surface area contributed by atoms with Gasteiger partial charge < -0.3 is 5.32 Å². The van der Waals surface area contributed by atoms with Crippen molar-refractivity contribution in [2.24, 2.45) is 5.41 Å². The Hall–Kier alpha value is -1.89. The molecule has 0 aliphatic heterocycles. The lowest BCUT2D eigenvalue weighted by Crippen LogP contribution is -2.39. The summed E-state index contributed by atoms with van der Waals surface area (Å²) in [6.45, 7) is 0.480. The van der Waals surface area contributed by atoms with E-state index in [0.29, 0.717) is 25.8 Å². The van der Waals surface area contributed by atoms with Gasteiger partial charge in [0.1, 0.15) is 11.2 Å². The van der Waals surface area contributed by atoms with Crippen LogP contribution in [0.1, 0.15) is 31.2 Å². The van der Waals surface area contributed by atoms with E-state index in [1.807, 2.05) is 0 Å². The first-order valence-electron chi connectivity index (χ1n) is 6.60. The molecule has 0 saturated heterocycles. The zero-order valence-corrected chi connectivity index (χ0v) is 10.8. The summed E-state index contributed by atoms with van der Waals surface area (Å²) in [6.07, 6.45) is 3.85. The van der Waals surface area contributed by atoms with E-state index in [-0.39, 0.29) is 11.7 Å². The highest BCUT2D eigenvalue weighted by Gasteiger charge is 2.41. The van der Waals surface area contributed by atoms with Crippen LogP contribution >= 0.6 is 0 Å². The van der Waals surface area contributed by atoms with Crippen molar-refractivity contribution in [3.63, 3.8) is 0 Å². The van der Waals surface area contributed by atoms with Crippen LogP contribution in [-0.4, -0.2) is 12.5 Å². The van der Waals surface area contributed by atoms with Gasteiger partial charge in [-0.05, 0) is 37.0 Å². The van der Waals surface area contributed by atoms with Gasteiger partial charge in [0.25, 0.3) is 0 Å². The molecule has 0 atom stereocenters. The molecule has 19 heavy (non-hydrogen) atoms.